The van der Waals surface area contributed by atoms with Crippen LogP contribution >= 0.6 is 0 Å². The number of nitrogens with zero attached hydrogens (tertiary/aromatic N) is 1. The van der Waals surface area contributed by atoms with Crippen molar-refractivity contribution in [3.63, 3.8) is 0 Å². The topological polar surface area (TPSA) is 83.6 Å². The van der Waals surface area contributed by atoms with Crippen LogP contribution in [0.15, 0.2) is 18.2 Å². The summed E-state index contributed by atoms with van der Waals surface area (Å²) >= 11 is 0. The lowest BCUT2D eigenvalue weighted by molar-refractivity contribution is -0.138. The normalized spacial score (nSPS) is 14.5. The van der Waals surface area contributed by atoms with E-state index in [1.807, 2.05) is 0 Å². The summed E-state index contributed by atoms with van der Waals surface area (Å²) in [6.07, 6.45) is 2.19. The summed E-state index contributed by atoms with van der Waals surface area (Å²) in [5.74, 6) is -1.63. The minimum Gasteiger partial charge on any atom is -0.480 e. The first-order valence-electron chi connectivity index (χ1n) is 6.48. The van der Waals surface area contributed by atoms with Crippen molar-refractivity contribution in [2.75, 3.05) is 13.1 Å². The van der Waals surface area contributed by atoms with Crippen LogP contribution in [-0.2, 0) is 11.3 Å². The van der Waals surface area contributed by atoms with Crippen LogP contribution in [-0.4, -0.2) is 35.0 Å². The van der Waals surface area contributed by atoms with Gasteiger partial charge < -0.3 is 10.8 Å². The number of hydrogen-bond donors (Lipinski definition) is 2. The number of hydrogen-bond acceptors (Lipinski definition) is 3. The lowest BCUT2D eigenvalue weighted by Crippen LogP contribution is -2.31. The van der Waals surface area contributed by atoms with Crippen LogP contribution in [0.25, 0.3) is 0 Å². The van der Waals surface area contributed by atoms with Crippen LogP contribution in [0.4, 0.5) is 4.39 Å². The molecular weight excluding hydrogens is 263 g/mol. The molecule has 0 aromatic heterocycles. The molecule has 1 aliphatic carbocycles. The average Bonchev–Trinajstić information content (AvgIpc) is 3.14. The van der Waals surface area contributed by atoms with Crippen LogP contribution in [0.3, 0.4) is 0 Å². The fraction of sp³-hybridized carbons (Fsp3) is 0.429. The smallest absolute Gasteiger partial charge is 0.317 e. The fourth-order valence-electron chi connectivity index (χ4n) is 2.11. The molecule has 6 heteroatoms. The first-order chi connectivity index (χ1) is 9.45. The standard InChI is InChI=1S/C14H17FN2O3/c15-12-5-10(14(16)20)3-4-11(12)7-17(8-13(18)19)6-9-1-2-9/h3-5,9H,1-2,6-8H2,(H2,16,20)(H,18,19). The van der Waals surface area contributed by atoms with Crippen molar-refractivity contribution in [2.45, 2.75) is 19.4 Å². The van der Waals surface area contributed by atoms with E-state index in [4.69, 9.17) is 10.8 Å². The summed E-state index contributed by atoms with van der Waals surface area (Å²) in [6.45, 7) is 0.754. The lowest BCUT2D eigenvalue weighted by Gasteiger charge is -2.20. The zero-order valence-corrected chi connectivity index (χ0v) is 11.0. The Balaban J connectivity index is 2.08. The molecule has 3 N–H and O–H groups in total. The quantitative estimate of drug-likeness (QED) is 0.786. The first-order valence-corrected chi connectivity index (χ1v) is 6.48. The van der Waals surface area contributed by atoms with Gasteiger partial charge in [0.15, 0.2) is 0 Å². The molecule has 1 aromatic carbocycles. The molecule has 1 amide bonds. The SMILES string of the molecule is NC(=O)c1ccc(CN(CC(=O)O)CC2CC2)c(F)c1. The van der Waals surface area contributed by atoms with E-state index < -0.39 is 17.7 Å². The van der Waals surface area contributed by atoms with Gasteiger partial charge in [-0.3, -0.25) is 14.5 Å². The molecule has 0 radical (unpaired) electrons. The highest BCUT2D eigenvalue weighted by Gasteiger charge is 2.25. The monoisotopic (exact) mass is 280 g/mol. The van der Waals surface area contributed by atoms with Gasteiger partial charge in [-0.1, -0.05) is 6.07 Å². The predicted octanol–water partition coefficient (Wildman–Crippen LogP) is 1.22. The minimum atomic E-state index is -0.931. The third-order valence-corrected chi connectivity index (χ3v) is 3.30. The molecule has 0 saturated heterocycles. The van der Waals surface area contributed by atoms with Crippen molar-refractivity contribution < 1.29 is 19.1 Å². The Bertz CT molecular complexity index is 529. The molecule has 0 atom stereocenters. The molecule has 108 valence electrons. The van der Waals surface area contributed by atoms with Gasteiger partial charge in [0.2, 0.25) is 5.91 Å². The number of nitrogens with two attached hydrogens (primary N) is 1. The van der Waals surface area contributed by atoms with Crippen molar-refractivity contribution in [1.29, 1.82) is 0 Å². The number of primary amides is 1. The zero-order valence-electron chi connectivity index (χ0n) is 11.0. The molecule has 5 nitrogen and oxygen atoms in total. The average molecular weight is 280 g/mol. The highest BCUT2D eigenvalue weighted by molar-refractivity contribution is 5.92. The highest BCUT2D eigenvalue weighted by Crippen LogP contribution is 2.30. The largest absolute Gasteiger partial charge is 0.480 e. The molecule has 1 aromatic rings. The van der Waals surface area contributed by atoms with Crippen molar-refractivity contribution >= 4 is 11.9 Å². The maximum Gasteiger partial charge on any atom is 0.317 e. The maximum absolute atomic E-state index is 13.9. The van der Waals surface area contributed by atoms with Crippen LogP contribution in [0, 0.1) is 11.7 Å². The fourth-order valence-corrected chi connectivity index (χ4v) is 2.11. The number of amides is 1. The molecule has 0 heterocycles. The number of carboxylic acid groups (broad SMARTS) is 1. The first kappa shape index (κ1) is 14.5. The number of benzene rings is 1. The molecule has 2 rings (SSSR count). The third kappa shape index (κ3) is 4.03. The van der Waals surface area contributed by atoms with Gasteiger partial charge in [-0.15, -0.1) is 0 Å². The van der Waals surface area contributed by atoms with Crippen molar-refractivity contribution in [2.24, 2.45) is 11.7 Å². The Labute approximate surface area is 116 Å². The zero-order chi connectivity index (χ0) is 14.7. The summed E-state index contributed by atoms with van der Waals surface area (Å²) in [4.78, 5) is 23.5. The van der Waals surface area contributed by atoms with E-state index in [0.29, 0.717) is 18.0 Å². The van der Waals surface area contributed by atoms with Crippen LogP contribution in [0.2, 0.25) is 0 Å². The molecule has 0 spiro atoms. The third-order valence-electron chi connectivity index (χ3n) is 3.30. The van der Waals surface area contributed by atoms with Gasteiger partial charge in [0.25, 0.3) is 0 Å². The Hall–Kier alpha value is -1.95. The van der Waals surface area contributed by atoms with Crippen LogP contribution < -0.4 is 5.73 Å². The van der Waals surface area contributed by atoms with E-state index in [-0.39, 0.29) is 18.7 Å². The maximum atomic E-state index is 13.9. The summed E-state index contributed by atoms with van der Waals surface area (Å²) in [7, 11) is 0. The number of rotatable bonds is 7. The Morgan fingerprint density at radius 1 is 1.40 bits per heavy atom. The van der Waals surface area contributed by atoms with Crippen molar-refractivity contribution in [1.82, 2.24) is 4.90 Å². The number of aliphatic carboxylic acids is 1. The van der Waals surface area contributed by atoms with Crippen LogP contribution in [0.1, 0.15) is 28.8 Å². The molecule has 0 bridgehead atoms. The van der Waals surface area contributed by atoms with Gasteiger partial charge in [-0.05, 0) is 30.9 Å². The van der Waals surface area contributed by atoms with Crippen molar-refractivity contribution in [3.8, 4) is 0 Å². The Kier molecular flexibility index (Phi) is 4.34. The second kappa shape index (κ2) is 6.00. The molecule has 0 unspecified atom stereocenters. The van der Waals surface area contributed by atoms with Gasteiger partial charge in [0.1, 0.15) is 5.82 Å². The summed E-state index contributed by atoms with van der Waals surface area (Å²) < 4.78 is 13.9. The lowest BCUT2D eigenvalue weighted by atomic mass is 10.1. The summed E-state index contributed by atoms with van der Waals surface area (Å²) in [5.41, 5.74) is 5.56. The molecular formula is C14H17FN2O3. The van der Waals surface area contributed by atoms with E-state index >= 15 is 0 Å². The number of halogens is 1. The summed E-state index contributed by atoms with van der Waals surface area (Å²) in [5, 5.41) is 8.88. The predicted molar refractivity (Wildman–Crippen MR) is 70.6 cm³/mol. The van der Waals surface area contributed by atoms with Gasteiger partial charge in [0, 0.05) is 24.2 Å². The van der Waals surface area contributed by atoms with Gasteiger partial charge in [-0.2, -0.15) is 0 Å². The van der Waals surface area contributed by atoms with E-state index in [1.54, 1.807) is 4.90 Å². The minimum absolute atomic E-state index is 0.109. The molecule has 1 saturated carbocycles. The Morgan fingerprint density at radius 2 is 2.10 bits per heavy atom. The van der Waals surface area contributed by atoms with Gasteiger partial charge >= 0.3 is 5.97 Å². The molecule has 1 aliphatic rings. The number of carbonyl (C=O) groups excluding carboxylic acids is 1. The number of carboxylic acids is 1. The van der Waals surface area contributed by atoms with Crippen LogP contribution in [0.5, 0.6) is 0 Å². The summed E-state index contributed by atoms with van der Waals surface area (Å²) in [6, 6.07) is 4.03. The molecule has 0 aliphatic heterocycles. The van der Waals surface area contributed by atoms with E-state index in [0.717, 1.165) is 18.9 Å². The van der Waals surface area contributed by atoms with Gasteiger partial charge in [-0.25, -0.2) is 4.39 Å². The second-order valence-electron chi connectivity index (χ2n) is 5.18. The Morgan fingerprint density at radius 3 is 2.60 bits per heavy atom. The second-order valence-corrected chi connectivity index (χ2v) is 5.18. The number of carbonyl (C=O) groups is 2. The molecule has 20 heavy (non-hydrogen) atoms. The van der Waals surface area contributed by atoms with E-state index in [2.05, 4.69) is 0 Å². The highest BCUT2D eigenvalue weighted by atomic mass is 19.1. The van der Waals surface area contributed by atoms with E-state index in [9.17, 15) is 14.0 Å². The van der Waals surface area contributed by atoms with Crippen molar-refractivity contribution in [3.05, 3.63) is 35.1 Å². The van der Waals surface area contributed by atoms with E-state index in [1.165, 1.54) is 12.1 Å². The van der Waals surface area contributed by atoms with Gasteiger partial charge in [0.05, 0.1) is 6.54 Å². The molecule has 1 fully saturated rings.